The van der Waals surface area contributed by atoms with Gasteiger partial charge in [-0.3, -0.25) is 14.9 Å². The van der Waals surface area contributed by atoms with Crippen LogP contribution in [0, 0.1) is 5.82 Å². The zero-order valence-corrected chi connectivity index (χ0v) is 13.1. The second-order valence-electron chi connectivity index (χ2n) is 6.31. The second-order valence-corrected chi connectivity index (χ2v) is 6.31. The third-order valence-electron chi connectivity index (χ3n) is 3.14. The molecule has 2 rings (SSSR count). The van der Waals surface area contributed by atoms with Crippen molar-refractivity contribution < 1.29 is 28.2 Å². The Morgan fingerprint density at radius 1 is 1.26 bits per heavy atom. The third kappa shape index (κ3) is 4.77. The SMILES string of the molecule is CC(C)(C)OC(=O)Nc1ccc(F)cc1C1CC(=O)OC(=O)C1. The number of rotatable bonds is 2. The first kappa shape index (κ1) is 16.9. The van der Waals surface area contributed by atoms with Crippen molar-refractivity contribution in [2.75, 3.05) is 5.32 Å². The highest BCUT2D eigenvalue weighted by atomic mass is 19.1. The van der Waals surface area contributed by atoms with Crippen LogP contribution in [0.15, 0.2) is 18.2 Å². The zero-order valence-electron chi connectivity index (χ0n) is 13.1. The van der Waals surface area contributed by atoms with Gasteiger partial charge in [0.15, 0.2) is 0 Å². The predicted molar refractivity (Wildman–Crippen MR) is 79.3 cm³/mol. The molecule has 0 radical (unpaired) electrons. The van der Waals surface area contributed by atoms with Crippen LogP contribution in [0.25, 0.3) is 0 Å². The topological polar surface area (TPSA) is 81.7 Å². The summed E-state index contributed by atoms with van der Waals surface area (Å²) in [5, 5.41) is 2.53. The van der Waals surface area contributed by atoms with Gasteiger partial charge in [0, 0.05) is 11.6 Å². The molecular weight excluding hydrogens is 305 g/mol. The van der Waals surface area contributed by atoms with Gasteiger partial charge < -0.3 is 9.47 Å². The van der Waals surface area contributed by atoms with Gasteiger partial charge in [-0.25, -0.2) is 9.18 Å². The van der Waals surface area contributed by atoms with Crippen LogP contribution < -0.4 is 5.32 Å². The lowest BCUT2D eigenvalue weighted by Gasteiger charge is -2.24. The van der Waals surface area contributed by atoms with Crippen LogP contribution in [0.4, 0.5) is 14.9 Å². The number of hydrogen-bond donors (Lipinski definition) is 1. The fourth-order valence-electron chi connectivity index (χ4n) is 2.30. The van der Waals surface area contributed by atoms with Gasteiger partial charge in [0.25, 0.3) is 0 Å². The van der Waals surface area contributed by atoms with E-state index in [9.17, 15) is 18.8 Å². The summed E-state index contributed by atoms with van der Waals surface area (Å²) in [6.07, 6.45) is -0.814. The number of carbonyl (C=O) groups excluding carboxylic acids is 3. The average molecular weight is 323 g/mol. The van der Waals surface area contributed by atoms with Gasteiger partial charge in [0.05, 0.1) is 12.8 Å². The third-order valence-corrected chi connectivity index (χ3v) is 3.14. The van der Waals surface area contributed by atoms with Crippen molar-refractivity contribution in [2.45, 2.75) is 45.1 Å². The molecule has 23 heavy (non-hydrogen) atoms. The summed E-state index contributed by atoms with van der Waals surface area (Å²) in [6.45, 7) is 5.15. The van der Waals surface area contributed by atoms with Crippen LogP contribution >= 0.6 is 0 Å². The normalized spacial score (nSPS) is 16.0. The first-order valence-electron chi connectivity index (χ1n) is 7.17. The van der Waals surface area contributed by atoms with Crippen molar-refractivity contribution in [3.05, 3.63) is 29.6 Å². The summed E-state index contributed by atoms with van der Waals surface area (Å²) in [6, 6.07) is 3.75. The first-order chi connectivity index (χ1) is 10.6. The van der Waals surface area contributed by atoms with Crippen molar-refractivity contribution in [1.82, 2.24) is 0 Å². The minimum absolute atomic E-state index is 0.0573. The molecule has 0 saturated carbocycles. The van der Waals surface area contributed by atoms with E-state index in [1.54, 1.807) is 20.8 Å². The fraction of sp³-hybridized carbons (Fsp3) is 0.438. The summed E-state index contributed by atoms with van der Waals surface area (Å²) in [7, 11) is 0. The Morgan fingerprint density at radius 2 is 1.87 bits per heavy atom. The number of anilines is 1. The molecule has 1 saturated heterocycles. The Morgan fingerprint density at radius 3 is 2.43 bits per heavy atom. The molecule has 124 valence electrons. The van der Waals surface area contributed by atoms with Gasteiger partial charge in [-0.2, -0.15) is 0 Å². The summed E-state index contributed by atoms with van der Waals surface area (Å²) in [5.41, 5.74) is -0.0245. The van der Waals surface area contributed by atoms with Crippen molar-refractivity contribution in [1.29, 1.82) is 0 Å². The van der Waals surface area contributed by atoms with Crippen LogP contribution in [0.5, 0.6) is 0 Å². The Labute approximate surface area is 133 Å². The van der Waals surface area contributed by atoms with Crippen LogP contribution in [-0.2, 0) is 19.1 Å². The lowest BCUT2D eigenvalue weighted by Crippen LogP contribution is -2.28. The lowest BCUT2D eigenvalue weighted by atomic mass is 9.89. The van der Waals surface area contributed by atoms with E-state index in [1.807, 2.05) is 0 Å². The number of nitrogens with one attached hydrogen (secondary N) is 1. The highest BCUT2D eigenvalue weighted by Crippen LogP contribution is 2.34. The molecule has 1 fully saturated rings. The van der Waals surface area contributed by atoms with Gasteiger partial charge in [-0.15, -0.1) is 0 Å². The summed E-state index contributed by atoms with van der Waals surface area (Å²) >= 11 is 0. The molecule has 7 heteroatoms. The summed E-state index contributed by atoms with van der Waals surface area (Å²) in [4.78, 5) is 34.7. The van der Waals surface area contributed by atoms with Crippen molar-refractivity contribution in [3.8, 4) is 0 Å². The Balaban J connectivity index is 2.25. The standard InChI is InChI=1S/C16H18FNO5/c1-16(2,3)23-15(21)18-12-5-4-10(17)8-11(12)9-6-13(19)22-14(20)7-9/h4-5,8-9H,6-7H2,1-3H3,(H,18,21). The average Bonchev–Trinajstić information content (AvgIpc) is 2.37. The minimum Gasteiger partial charge on any atom is -0.444 e. The molecule has 1 aromatic carbocycles. The first-order valence-corrected chi connectivity index (χ1v) is 7.17. The van der Waals surface area contributed by atoms with E-state index >= 15 is 0 Å². The number of carbonyl (C=O) groups is 3. The monoisotopic (exact) mass is 323 g/mol. The number of benzene rings is 1. The molecule has 1 aromatic rings. The zero-order chi connectivity index (χ0) is 17.2. The maximum Gasteiger partial charge on any atom is 0.412 e. The molecule has 1 heterocycles. The van der Waals surface area contributed by atoms with Gasteiger partial charge in [0.2, 0.25) is 0 Å². The Kier molecular flexibility index (Phi) is 4.68. The predicted octanol–water partition coefficient (Wildman–Crippen LogP) is 3.12. The van der Waals surface area contributed by atoms with Gasteiger partial charge in [-0.1, -0.05) is 0 Å². The second kappa shape index (κ2) is 6.36. The maximum absolute atomic E-state index is 13.6. The Hall–Kier alpha value is -2.44. The van der Waals surface area contributed by atoms with Gasteiger partial charge in [-0.05, 0) is 44.5 Å². The van der Waals surface area contributed by atoms with Gasteiger partial charge >= 0.3 is 18.0 Å². The molecule has 1 aliphatic heterocycles. The van der Waals surface area contributed by atoms with Crippen LogP contribution in [0.3, 0.4) is 0 Å². The largest absolute Gasteiger partial charge is 0.444 e. The van der Waals surface area contributed by atoms with E-state index < -0.39 is 35.4 Å². The van der Waals surface area contributed by atoms with Crippen molar-refractivity contribution in [3.63, 3.8) is 0 Å². The maximum atomic E-state index is 13.6. The van der Waals surface area contributed by atoms with E-state index in [-0.39, 0.29) is 12.8 Å². The summed E-state index contributed by atoms with van der Waals surface area (Å²) in [5.74, 6) is -2.41. The number of halogens is 1. The highest BCUT2D eigenvalue weighted by molar-refractivity contribution is 5.91. The molecule has 1 N–H and O–H groups in total. The van der Waals surface area contributed by atoms with Crippen LogP contribution in [-0.4, -0.2) is 23.6 Å². The van der Waals surface area contributed by atoms with Crippen molar-refractivity contribution >= 4 is 23.7 Å². The number of ether oxygens (including phenoxy) is 2. The molecular formula is C16H18FNO5. The molecule has 0 spiro atoms. The molecule has 0 unspecified atom stereocenters. The minimum atomic E-state index is -0.699. The van der Waals surface area contributed by atoms with Gasteiger partial charge in [0.1, 0.15) is 11.4 Å². The lowest BCUT2D eigenvalue weighted by molar-refractivity contribution is -0.163. The number of cyclic esters (lactones) is 2. The van der Waals surface area contributed by atoms with E-state index in [1.165, 1.54) is 18.2 Å². The smallest absolute Gasteiger partial charge is 0.412 e. The summed E-state index contributed by atoms with van der Waals surface area (Å²) < 4.78 is 23.2. The van der Waals surface area contributed by atoms with E-state index in [0.29, 0.717) is 11.3 Å². The molecule has 0 bridgehead atoms. The fourth-order valence-corrected chi connectivity index (χ4v) is 2.30. The number of esters is 2. The van der Waals surface area contributed by atoms with Crippen LogP contribution in [0.2, 0.25) is 0 Å². The molecule has 1 aliphatic rings. The molecule has 1 amide bonds. The molecule has 0 aromatic heterocycles. The Bertz CT molecular complexity index is 634. The van der Waals surface area contributed by atoms with E-state index in [4.69, 9.17) is 4.74 Å². The van der Waals surface area contributed by atoms with E-state index in [0.717, 1.165) is 0 Å². The quantitative estimate of drug-likeness (QED) is 0.668. The van der Waals surface area contributed by atoms with Crippen LogP contribution in [0.1, 0.15) is 45.1 Å². The molecule has 0 atom stereocenters. The van der Waals surface area contributed by atoms with E-state index in [2.05, 4.69) is 10.1 Å². The molecule has 0 aliphatic carbocycles. The highest BCUT2D eigenvalue weighted by Gasteiger charge is 2.30. The molecule has 6 nitrogen and oxygen atoms in total. The number of hydrogen-bond acceptors (Lipinski definition) is 5. The number of amides is 1. The van der Waals surface area contributed by atoms with Crippen molar-refractivity contribution in [2.24, 2.45) is 0 Å².